The van der Waals surface area contributed by atoms with E-state index in [0.717, 1.165) is 0 Å². The molecule has 0 spiro atoms. The highest BCUT2D eigenvalue weighted by Crippen LogP contribution is 2.01. The average Bonchev–Trinajstić information content (AvgIpc) is 1.84. The van der Waals surface area contributed by atoms with Gasteiger partial charge in [0.1, 0.15) is 0 Å². The van der Waals surface area contributed by atoms with E-state index in [-0.39, 0.29) is 0 Å². The lowest BCUT2D eigenvalue weighted by atomic mass is 10.6. The molecule has 0 unspecified atom stereocenters. The van der Waals surface area contributed by atoms with Crippen molar-refractivity contribution < 1.29 is 18.3 Å². The van der Waals surface area contributed by atoms with Crippen molar-refractivity contribution in [3.05, 3.63) is 11.5 Å². The minimum Gasteiger partial charge on any atom is -0.478 e. The zero-order chi connectivity index (χ0) is 9.07. The van der Waals surface area contributed by atoms with Crippen molar-refractivity contribution in [1.82, 2.24) is 0 Å². The molecule has 0 saturated carbocycles. The van der Waals surface area contributed by atoms with Crippen molar-refractivity contribution in [1.29, 1.82) is 0 Å². The van der Waals surface area contributed by atoms with E-state index in [1.165, 1.54) is 13.8 Å². The Labute approximate surface area is 65.5 Å². The van der Waals surface area contributed by atoms with Crippen LogP contribution in [0.2, 0.25) is 0 Å². The summed E-state index contributed by atoms with van der Waals surface area (Å²) in [6, 6.07) is 0. The minimum atomic E-state index is -3.35. The first kappa shape index (κ1) is 10.2. The Morgan fingerprint density at radius 1 is 1.45 bits per heavy atom. The number of carbonyl (C=O) groups is 1. The SMILES string of the molecule is CC(C)S(=O)(=O)/C=C/C(=O)O. The van der Waals surface area contributed by atoms with Gasteiger partial charge in [-0.1, -0.05) is 0 Å². The number of carboxylic acid groups (broad SMARTS) is 1. The van der Waals surface area contributed by atoms with Crippen LogP contribution in [0.1, 0.15) is 13.8 Å². The van der Waals surface area contributed by atoms with E-state index in [1.54, 1.807) is 0 Å². The number of sulfone groups is 1. The third-order valence-corrected chi connectivity index (χ3v) is 2.89. The molecule has 0 heterocycles. The molecule has 11 heavy (non-hydrogen) atoms. The second kappa shape index (κ2) is 3.52. The number of hydrogen-bond donors (Lipinski definition) is 1. The smallest absolute Gasteiger partial charge is 0.329 e. The molecule has 0 aromatic carbocycles. The predicted molar refractivity (Wildman–Crippen MR) is 40.8 cm³/mol. The highest BCUT2D eigenvalue weighted by atomic mass is 32.2. The van der Waals surface area contributed by atoms with Crippen LogP contribution in [0.4, 0.5) is 0 Å². The molecule has 0 bridgehead atoms. The summed E-state index contributed by atoms with van der Waals surface area (Å²) >= 11 is 0. The first-order chi connectivity index (χ1) is 4.86. The molecular formula is C6H10O4S. The van der Waals surface area contributed by atoms with Crippen molar-refractivity contribution in [2.24, 2.45) is 0 Å². The Kier molecular flexibility index (Phi) is 3.25. The molecule has 0 fully saturated rings. The first-order valence-electron chi connectivity index (χ1n) is 3.01. The van der Waals surface area contributed by atoms with Gasteiger partial charge in [-0.15, -0.1) is 0 Å². The van der Waals surface area contributed by atoms with E-state index in [0.29, 0.717) is 11.5 Å². The summed E-state index contributed by atoms with van der Waals surface area (Å²) in [5.41, 5.74) is 0. The van der Waals surface area contributed by atoms with Gasteiger partial charge < -0.3 is 5.11 Å². The molecule has 0 aliphatic carbocycles. The predicted octanol–water partition coefficient (Wildman–Crippen LogP) is 0.408. The van der Waals surface area contributed by atoms with Gasteiger partial charge in [0.2, 0.25) is 0 Å². The third kappa shape index (κ3) is 3.77. The molecule has 0 aliphatic heterocycles. The molecule has 0 aromatic heterocycles. The molecular weight excluding hydrogens is 168 g/mol. The lowest BCUT2D eigenvalue weighted by molar-refractivity contribution is -0.131. The lowest BCUT2D eigenvalue weighted by Gasteiger charge is -1.99. The van der Waals surface area contributed by atoms with Crippen LogP contribution in [-0.2, 0) is 14.6 Å². The van der Waals surface area contributed by atoms with Crippen molar-refractivity contribution in [2.75, 3.05) is 0 Å². The maximum Gasteiger partial charge on any atom is 0.329 e. The summed E-state index contributed by atoms with van der Waals surface area (Å²) in [5.74, 6) is -1.26. The highest BCUT2D eigenvalue weighted by Gasteiger charge is 2.11. The van der Waals surface area contributed by atoms with Crippen LogP contribution in [0.15, 0.2) is 11.5 Å². The van der Waals surface area contributed by atoms with Crippen molar-refractivity contribution in [2.45, 2.75) is 19.1 Å². The zero-order valence-electron chi connectivity index (χ0n) is 6.31. The Morgan fingerprint density at radius 2 is 1.91 bits per heavy atom. The Hall–Kier alpha value is -0.840. The molecule has 0 rings (SSSR count). The fourth-order valence-corrected chi connectivity index (χ4v) is 0.931. The monoisotopic (exact) mass is 178 g/mol. The molecule has 0 saturated heterocycles. The largest absolute Gasteiger partial charge is 0.478 e. The van der Waals surface area contributed by atoms with Crippen LogP contribution >= 0.6 is 0 Å². The molecule has 0 radical (unpaired) electrons. The van der Waals surface area contributed by atoms with Gasteiger partial charge in [-0.3, -0.25) is 0 Å². The minimum absolute atomic E-state index is 0.571. The van der Waals surface area contributed by atoms with Gasteiger partial charge in [0.15, 0.2) is 9.84 Å². The number of carboxylic acids is 1. The maximum absolute atomic E-state index is 10.9. The molecule has 64 valence electrons. The highest BCUT2D eigenvalue weighted by molar-refractivity contribution is 7.94. The van der Waals surface area contributed by atoms with Crippen molar-refractivity contribution in [3.63, 3.8) is 0 Å². The standard InChI is InChI=1S/C6H10O4S/c1-5(2)11(9,10)4-3-6(7)8/h3-5H,1-2H3,(H,7,8)/b4-3+. The first-order valence-corrected chi connectivity index (χ1v) is 4.62. The lowest BCUT2D eigenvalue weighted by Crippen LogP contribution is -2.10. The molecule has 0 atom stereocenters. The Bertz CT molecular complexity index is 260. The summed E-state index contributed by atoms with van der Waals surface area (Å²) < 4.78 is 21.8. The molecule has 0 aromatic rings. The fourth-order valence-electron chi connectivity index (χ4n) is 0.310. The Morgan fingerprint density at radius 3 is 2.18 bits per heavy atom. The van der Waals surface area contributed by atoms with Crippen LogP contribution in [-0.4, -0.2) is 24.7 Å². The fraction of sp³-hybridized carbons (Fsp3) is 0.500. The van der Waals surface area contributed by atoms with Gasteiger partial charge in [0, 0.05) is 11.5 Å². The summed E-state index contributed by atoms with van der Waals surface area (Å²) in [6.45, 7) is 2.98. The van der Waals surface area contributed by atoms with Gasteiger partial charge in [-0.2, -0.15) is 0 Å². The summed E-state index contributed by atoms with van der Waals surface area (Å²) in [5, 5.41) is 8.24. The normalized spacial score (nSPS) is 12.6. The van der Waals surface area contributed by atoms with Crippen LogP contribution in [0.25, 0.3) is 0 Å². The van der Waals surface area contributed by atoms with Crippen LogP contribution in [0, 0.1) is 0 Å². The quantitative estimate of drug-likeness (QED) is 0.635. The second-order valence-electron chi connectivity index (χ2n) is 2.28. The second-order valence-corrected chi connectivity index (χ2v) is 4.67. The summed E-state index contributed by atoms with van der Waals surface area (Å²) in [7, 11) is -3.35. The third-order valence-electron chi connectivity index (χ3n) is 1.06. The van der Waals surface area contributed by atoms with Gasteiger partial charge >= 0.3 is 5.97 Å². The van der Waals surface area contributed by atoms with Crippen LogP contribution in [0.3, 0.4) is 0 Å². The van der Waals surface area contributed by atoms with E-state index in [4.69, 9.17) is 5.11 Å². The number of aliphatic carboxylic acids is 1. The van der Waals surface area contributed by atoms with Crippen molar-refractivity contribution in [3.8, 4) is 0 Å². The summed E-state index contributed by atoms with van der Waals surface area (Å²) in [4.78, 5) is 9.92. The topological polar surface area (TPSA) is 71.4 Å². The van der Waals surface area contributed by atoms with Gasteiger partial charge in [0.05, 0.1) is 5.25 Å². The van der Waals surface area contributed by atoms with Gasteiger partial charge in [-0.25, -0.2) is 13.2 Å². The van der Waals surface area contributed by atoms with Gasteiger partial charge in [0.25, 0.3) is 0 Å². The number of rotatable bonds is 3. The molecule has 0 amide bonds. The molecule has 0 aliphatic rings. The molecule has 5 heteroatoms. The maximum atomic E-state index is 10.9. The van der Waals surface area contributed by atoms with E-state index < -0.39 is 21.1 Å². The van der Waals surface area contributed by atoms with Crippen LogP contribution < -0.4 is 0 Å². The van der Waals surface area contributed by atoms with E-state index in [2.05, 4.69) is 0 Å². The van der Waals surface area contributed by atoms with E-state index in [9.17, 15) is 13.2 Å². The average molecular weight is 178 g/mol. The molecule has 4 nitrogen and oxygen atoms in total. The van der Waals surface area contributed by atoms with E-state index >= 15 is 0 Å². The van der Waals surface area contributed by atoms with E-state index in [1.807, 2.05) is 0 Å². The van der Waals surface area contributed by atoms with Crippen LogP contribution in [0.5, 0.6) is 0 Å². The summed E-state index contributed by atoms with van der Waals surface area (Å²) in [6.07, 6.45) is 0.620. The molecule has 1 N–H and O–H groups in total. The Balaban J connectivity index is 4.51. The zero-order valence-corrected chi connectivity index (χ0v) is 7.13. The number of hydrogen-bond acceptors (Lipinski definition) is 3. The van der Waals surface area contributed by atoms with Gasteiger partial charge in [-0.05, 0) is 13.8 Å². The van der Waals surface area contributed by atoms with Crippen molar-refractivity contribution >= 4 is 15.8 Å².